The summed E-state index contributed by atoms with van der Waals surface area (Å²) < 4.78 is 16.6. The molecule has 6 nitrogen and oxygen atoms in total. The molecular weight excluding hydrogens is 310 g/mol. The van der Waals surface area contributed by atoms with Crippen LogP contribution in [0.1, 0.15) is 33.6 Å². The molecular formula is C18H21NO5. The molecule has 1 saturated carbocycles. The average molecular weight is 331 g/mol. The summed E-state index contributed by atoms with van der Waals surface area (Å²) in [7, 11) is 0. The molecule has 3 aliphatic rings. The van der Waals surface area contributed by atoms with Crippen molar-refractivity contribution in [3.8, 4) is 11.5 Å². The van der Waals surface area contributed by atoms with Crippen LogP contribution < -0.4 is 14.8 Å². The number of esters is 1. The van der Waals surface area contributed by atoms with Crippen molar-refractivity contribution < 1.29 is 23.8 Å². The second kappa shape index (κ2) is 4.65. The minimum atomic E-state index is -1.12. The van der Waals surface area contributed by atoms with Gasteiger partial charge in [0.15, 0.2) is 17.1 Å². The van der Waals surface area contributed by atoms with E-state index < -0.39 is 16.4 Å². The number of carbonyl (C=O) groups excluding carboxylic acids is 2. The van der Waals surface area contributed by atoms with Crippen molar-refractivity contribution in [1.29, 1.82) is 0 Å². The van der Waals surface area contributed by atoms with Gasteiger partial charge in [0.05, 0.1) is 5.41 Å². The summed E-state index contributed by atoms with van der Waals surface area (Å²) in [5, 5.41) is 2.89. The highest BCUT2D eigenvalue weighted by atomic mass is 16.6. The number of benzene rings is 1. The zero-order valence-electron chi connectivity index (χ0n) is 14.1. The van der Waals surface area contributed by atoms with Crippen LogP contribution >= 0.6 is 0 Å². The Hall–Kier alpha value is -2.24. The molecule has 0 unspecified atom stereocenters. The first-order chi connectivity index (χ1) is 11.3. The summed E-state index contributed by atoms with van der Waals surface area (Å²) in [5.74, 6) is 0.712. The highest BCUT2D eigenvalue weighted by Crippen LogP contribution is 2.65. The third-order valence-electron chi connectivity index (χ3n) is 6.25. The monoisotopic (exact) mass is 331 g/mol. The Morgan fingerprint density at radius 3 is 2.42 bits per heavy atom. The number of ether oxygens (including phenoxy) is 3. The number of fused-ring (bicyclic) bond motifs is 3. The first-order valence-corrected chi connectivity index (χ1v) is 8.25. The first kappa shape index (κ1) is 15.3. The van der Waals surface area contributed by atoms with E-state index in [1.54, 1.807) is 18.2 Å². The topological polar surface area (TPSA) is 73.9 Å². The van der Waals surface area contributed by atoms with Gasteiger partial charge in [0.25, 0.3) is 5.91 Å². The number of hydrogen-bond acceptors (Lipinski definition) is 5. The van der Waals surface area contributed by atoms with E-state index in [1.165, 1.54) is 0 Å². The molecule has 0 spiro atoms. The Kier molecular flexibility index (Phi) is 2.96. The average Bonchev–Trinajstić information content (AvgIpc) is 2.85. The smallest absolute Gasteiger partial charge is 0.313 e. The number of rotatable bonds is 2. The van der Waals surface area contributed by atoms with Gasteiger partial charge in [0.2, 0.25) is 0 Å². The van der Waals surface area contributed by atoms with E-state index in [2.05, 4.69) is 5.32 Å². The number of anilines is 1. The van der Waals surface area contributed by atoms with Crippen molar-refractivity contribution in [3.05, 3.63) is 18.2 Å². The van der Waals surface area contributed by atoms with Crippen LogP contribution in [0.5, 0.6) is 11.5 Å². The zero-order valence-corrected chi connectivity index (χ0v) is 14.1. The van der Waals surface area contributed by atoms with Crippen molar-refractivity contribution in [1.82, 2.24) is 0 Å². The zero-order chi connectivity index (χ0) is 17.2. The summed E-state index contributed by atoms with van der Waals surface area (Å²) in [5.41, 5.74) is -1.69. The molecule has 1 amide bonds. The second-order valence-corrected chi connectivity index (χ2v) is 7.49. The Labute approximate surface area is 140 Å². The van der Waals surface area contributed by atoms with E-state index in [-0.39, 0.29) is 11.9 Å². The van der Waals surface area contributed by atoms with Crippen LogP contribution in [0.15, 0.2) is 18.2 Å². The van der Waals surface area contributed by atoms with E-state index in [0.29, 0.717) is 43.2 Å². The van der Waals surface area contributed by atoms with Crippen molar-refractivity contribution in [2.45, 2.75) is 39.2 Å². The third kappa shape index (κ3) is 1.71. The highest BCUT2D eigenvalue weighted by Gasteiger charge is 2.75. The van der Waals surface area contributed by atoms with Crippen molar-refractivity contribution in [2.75, 3.05) is 18.5 Å². The molecule has 4 rings (SSSR count). The van der Waals surface area contributed by atoms with Gasteiger partial charge < -0.3 is 19.5 Å². The largest absolute Gasteiger partial charge is 0.486 e. The molecule has 2 aliphatic heterocycles. The van der Waals surface area contributed by atoms with Crippen LogP contribution in [-0.2, 0) is 14.3 Å². The Bertz CT molecular complexity index is 743. The van der Waals surface area contributed by atoms with Gasteiger partial charge in [0, 0.05) is 17.2 Å². The normalized spacial score (nSPS) is 32.4. The van der Waals surface area contributed by atoms with Crippen LogP contribution in [0, 0.1) is 10.8 Å². The second-order valence-electron chi connectivity index (χ2n) is 7.49. The fourth-order valence-corrected chi connectivity index (χ4v) is 4.10. The predicted octanol–water partition coefficient (Wildman–Crippen LogP) is 2.52. The highest BCUT2D eigenvalue weighted by molar-refractivity contribution is 6.03. The Morgan fingerprint density at radius 1 is 1.08 bits per heavy atom. The van der Waals surface area contributed by atoms with Crippen LogP contribution in [0.3, 0.4) is 0 Å². The van der Waals surface area contributed by atoms with Crippen LogP contribution in [-0.4, -0.2) is 30.7 Å². The van der Waals surface area contributed by atoms with Crippen LogP contribution in [0.2, 0.25) is 0 Å². The van der Waals surface area contributed by atoms with Gasteiger partial charge in [-0.1, -0.05) is 13.8 Å². The summed E-state index contributed by atoms with van der Waals surface area (Å²) in [6.07, 6.45) is 1.20. The predicted molar refractivity (Wildman–Crippen MR) is 86.0 cm³/mol. The third-order valence-corrected chi connectivity index (χ3v) is 6.25. The maximum Gasteiger partial charge on any atom is 0.313 e. The van der Waals surface area contributed by atoms with Crippen LogP contribution in [0.25, 0.3) is 0 Å². The molecule has 1 saturated heterocycles. The molecule has 2 heterocycles. The van der Waals surface area contributed by atoms with Crippen LogP contribution in [0.4, 0.5) is 5.69 Å². The fourth-order valence-electron chi connectivity index (χ4n) is 4.10. The molecule has 0 radical (unpaired) electrons. The lowest BCUT2D eigenvalue weighted by Gasteiger charge is -2.35. The van der Waals surface area contributed by atoms with E-state index in [1.807, 2.05) is 20.8 Å². The Morgan fingerprint density at radius 2 is 1.79 bits per heavy atom. The summed E-state index contributed by atoms with van der Waals surface area (Å²) in [6, 6.07) is 5.27. The molecule has 1 aromatic carbocycles. The van der Waals surface area contributed by atoms with E-state index in [9.17, 15) is 9.59 Å². The van der Waals surface area contributed by atoms with Crippen molar-refractivity contribution >= 4 is 17.6 Å². The molecule has 2 atom stereocenters. The maximum absolute atomic E-state index is 13.0. The minimum Gasteiger partial charge on any atom is -0.486 e. The number of carbonyl (C=O) groups is 2. The van der Waals surface area contributed by atoms with Crippen molar-refractivity contribution in [3.63, 3.8) is 0 Å². The molecule has 2 bridgehead atoms. The SMILES string of the molecule is CC1(C)[C@@]2(C)CC[C@]1(C(=O)Nc1ccc3c(c1)OCCO3)OC2=O. The quantitative estimate of drug-likeness (QED) is 0.843. The van der Waals surface area contributed by atoms with E-state index in [4.69, 9.17) is 14.2 Å². The molecule has 1 aliphatic carbocycles. The van der Waals surface area contributed by atoms with Gasteiger partial charge in [-0.2, -0.15) is 0 Å². The van der Waals surface area contributed by atoms with E-state index in [0.717, 1.165) is 0 Å². The summed E-state index contributed by atoms with van der Waals surface area (Å²) in [4.78, 5) is 25.3. The van der Waals surface area contributed by atoms with E-state index >= 15 is 0 Å². The van der Waals surface area contributed by atoms with Gasteiger partial charge in [0.1, 0.15) is 13.2 Å². The van der Waals surface area contributed by atoms with Gasteiger partial charge >= 0.3 is 5.97 Å². The summed E-state index contributed by atoms with van der Waals surface area (Å²) >= 11 is 0. The number of amides is 1. The molecule has 24 heavy (non-hydrogen) atoms. The van der Waals surface area contributed by atoms with Gasteiger partial charge in [-0.15, -0.1) is 0 Å². The minimum absolute atomic E-state index is 0.279. The first-order valence-electron chi connectivity index (χ1n) is 8.25. The number of hydrogen-bond donors (Lipinski definition) is 1. The lowest BCUT2D eigenvalue weighted by molar-refractivity contribution is -0.165. The molecule has 6 heteroatoms. The lowest BCUT2D eigenvalue weighted by Crippen LogP contribution is -2.50. The van der Waals surface area contributed by atoms with Gasteiger partial charge in [-0.3, -0.25) is 9.59 Å². The molecule has 128 valence electrons. The fraction of sp³-hybridized carbons (Fsp3) is 0.556. The molecule has 0 aromatic heterocycles. The number of nitrogens with one attached hydrogen (secondary N) is 1. The molecule has 1 N–H and O–H groups in total. The molecule has 2 fully saturated rings. The summed E-state index contributed by atoms with van der Waals surface area (Å²) in [6.45, 7) is 6.77. The maximum atomic E-state index is 13.0. The standard InChI is InChI=1S/C18H21NO5/c1-16(2)17(3)6-7-18(16,24-15(17)21)14(20)19-11-4-5-12-13(10-11)23-9-8-22-12/h4-5,10H,6-9H2,1-3H3,(H,19,20)/t17-,18+/m0/s1. The Balaban J connectivity index is 1.62. The van der Waals surface area contributed by atoms with Crippen molar-refractivity contribution in [2.24, 2.45) is 10.8 Å². The van der Waals surface area contributed by atoms with Gasteiger partial charge in [-0.25, -0.2) is 0 Å². The molecule has 1 aromatic rings. The lowest BCUT2D eigenvalue weighted by atomic mass is 9.66. The van der Waals surface area contributed by atoms with Gasteiger partial charge in [-0.05, 0) is 31.9 Å².